The van der Waals surface area contributed by atoms with Crippen molar-refractivity contribution in [3.63, 3.8) is 0 Å². The number of rotatable bonds is 4. The van der Waals surface area contributed by atoms with Gasteiger partial charge in [0, 0.05) is 55.7 Å². The van der Waals surface area contributed by atoms with Crippen LogP contribution in [-0.4, -0.2) is 80.0 Å². The Morgan fingerprint density at radius 1 is 0.881 bits per heavy atom. The van der Waals surface area contributed by atoms with Crippen molar-refractivity contribution in [3.05, 3.63) is 48.5 Å². The number of hydrogen-bond acceptors (Lipinski definition) is 6. The van der Waals surface area contributed by atoms with Crippen LogP contribution in [0.4, 0.5) is 27.5 Å². The highest BCUT2D eigenvalue weighted by atomic mass is 32.2. The number of aliphatic hydroxyl groups is 1. The quantitative estimate of drug-likeness (QED) is 0.553. The summed E-state index contributed by atoms with van der Waals surface area (Å²) in [5.41, 5.74) is 3.06. The van der Waals surface area contributed by atoms with Gasteiger partial charge in [-0.1, -0.05) is 12.1 Å². The van der Waals surface area contributed by atoms with Gasteiger partial charge in [0.1, 0.15) is 0 Å². The fourth-order valence-electron chi connectivity index (χ4n) is 9.10. The Morgan fingerprint density at radius 3 is 2.14 bits per heavy atom. The Balaban J connectivity index is 1.06. The van der Waals surface area contributed by atoms with E-state index in [2.05, 4.69) is 45.4 Å². The van der Waals surface area contributed by atoms with Gasteiger partial charge in [-0.15, -0.1) is 0 Å². The van der Waals surface area contributed by atoms with Crippen molar-refractivity contribution in [2.45, 2.75) is 63.1 Å². The van der Waals surface area contributed by atoms with Crippen molar-refractivity contribution in [1.29, 1.82) is 0 Å². The van der Waals surface area contributed by atoms with Crippen LogP contribution in [0.1, 0.15) is 46.0 Å². The normalized spacial score (nSPS) is 32.1. The molecule has 2 aromatic carbocycles. The molecule has 226 valence electrons. The third kappa shape index (κ3) is 4.85. The molecule has 2 N–H and O–H groups in total. The Kier molecular flexibility index (Phi) is 6.57. The molecule has 8 rings (SSSR count). The molecule has 42 heavy (non-hydrogen) atoms. The molecule has 10 heteroatoms. The second-order valence-corrected chi connectivity index (χ2v) is 16.0. The maximum absolute atomic E-state index is 13.7. The van der Waals surface area contributed by atoms with E-state index in [1.165, 1.54) is 6.26 Å². The van der Waals surface area contributed by atoms with Gasteiger partial charge in [-0.05, 0) is 100 Å². The number of nitrogens with one attached hydrogen (secondary N) is 1. The Bertz CT molecular complexity index is 1460. The third-order valence-electron chi connectivity index (χ3n) is 10.5. The SMILES string of the molecule is CC1(C)CN(c2ccc(N3CCN(C(=O)NC4[C@@H]5CC6C[C@H]4CC(O)(C6)C5)c4ccccc43)cc2)CCN1S(C)(=O)=O. The lowest BCUT2D eigenvalue weighted by molar-refractivity contribution is -0.136. The van der Waals surface area contributed by atoms with Crippen LogP contribution in [0.2, 0.25) is 0 Å². The summed E-state index contributed by atoms with van der Waals surface area (Å²) in [6, 6.07) is 16.7. The maximum Gasteiger partial charge on any atom is 0.322 e. The van der Waals surface area contributed by atoms with Crippen molar-refractivity contribution in [3.8, 4) is 0 Å². The van der Waals surface area contributed by atoms with E-state index in [9.17, 15) is 18.3 Å². The number of benzene rings is 2. The molecule has 2 amide bonds. The van der Waals surface area contributed by atoms with Gasteiger partial charge in [-0.2, -0.15) is 4.31 Å². The number of fused-ring (bicyclic) bond motifs is 1. The van der Waals surface area contributed by atoms with E-state index >= 15 is 0 Å². The fourth-order valence-corrected chi connectivity index (χ4v) is 10.5. The minimum absolute atomic E-state index is 0.0299. The number of carbonyl (C=O) groups excluding carboxylic acids is 1. The van der Waals surface area contributed by atoms with Gasteiger partial charge in [0.2, 0.25) is 10.0 Å². The van der Waals surface area contributed by atoms with E-state index in [0.29, 0.717) is 50.5 Å². The van der Waals surface area contributed by atoms with Crippen LogP contribution in [0.3, 0.4) is 0 Å². The number of amides is 2. The molecule has 1 saturated heterocycles. The highest BCUT2D eigenvalue weighted by molar-refractivity contribution is 7.88. The van der Waals surface area contributed by atoms with E-state index < -0.39 is 21.2 Å². The molecule has 2 heterocycles. The number of hydrogen-bond donors (Lipinski definition) is 2. The lowest BCUT2D eigenvalue weighted by atomic mass is 9.52. The summed E-state index contributed by atoms with van der Waals surface area (Å²) >= 11 is 0. The van der Waals surface area contributed by atoms with E-state index in [-0.39, 0.29) is 12.1 Å². The van der Waals surface area contributed by atoms with E-state index in [1.807, 2.05) is 36.9 Å². The van der Waals surface area contributed by atoms with Gasteiger partial charge >= 0.3 is 6.03 Å². The molecule has 9 nitrogen and oxygen atoms in total. The van der Waals surface area contributed by atoms with Gasteiger partial charge in [-0.25, -0.2) is 13.2 Å². The standard InChI is InChI=1S/C32H43N5O4S/c1-31(2)21-34(12-15-37(31)42(3,40)41)25-8-10-26(11-9-25)35-13-14-36(28-7-5-4-6-27(28)35)30(38)33-29-23-16-22-17-24(29)20-32(39,18-22)19-23/h4-11,22-24,29,39H,12-21H2,1-3H3,(H,33,38)/t22?,23-,24+,29?,32?. The topological polar surface area (TPSA) is 96.4 Å². The summed E-state index contributed by atoms with van der Waals surface area (Å²) < 4.78 is 26.1. The number of sulfonamides is 1. The molecule has 6 aliphatic rings. The van der Waals surface area contributed by atoms with Crippen LogP contribution in [0.15, 0.2) is 48.5 Å². The second kappa shape index (κ2) is 9.86. The van der Waals surface area contributed by atoms with Crippen LogP contribution in [0, 0.1) is 17.8 Å². The summed E-state index contributed by atoms with van der Waals surface area (Å²) in [4.78, 5) is 20.1. The average Bonchev–Trinajstić information content (AvgIpc) is 2.92. The molecule has 0 aromatic heterocycles. The summed E-state index contributed by atoms with van der Waals surface area (Å²) in [7, 11) is -3.26. The van der Waals surface area contributed by atoms with Crippen LogP contribution in [0.5, 0.6) is 0 Å². The summed E-state index contributed by atoms with van der Waals surface area (Å²) in [5.74, 6) is 1.36. The minimum Gasteiger partial charge on any atom is -0.390 e. The van der Waals surface area contributed by atoms with Gasteiger partial charge in [0.25, 0.3) is 0 Å². The molecular formula is C32H43N5O4S. The molecule has 2 aliphatic heterocycles. The zero-order valence-corrected chi connectivity index (χ0v) is 25.7. The second-order valence-electron chi connectivity index (χ2n) is 14.0. The van der Waals surface area contributed by atoms with E-state index in [1.54, 1.807) is 4.31 Å². The first-order valence-electron chi connectivity index (χ1n) is 15.4. The lowest BCUT2D eigenvalue weighted by Gasteiger charge is -2.58. The van der Waals surface area contributed by atoms with Crippen molar-refractivity contribution >= 4 is 38.8 Å². The van der Waals surface area contributed by atoms with E-state index in [4.69, 9.17) is 0 Å². The molecule has 5 fully saturated rings. The maximum atomic E-state index is 13.7. The minimum atomic E-state index is -3.26. The molecule has 4 bridgehead atoms. The molecule has 0 radical (unpaired) electrons. The first-order valence-corrected chi connectivity index (χ1v) is 17.2. The number of nitrogens with zero attached hydrogens (tertiary/aromatic N) is 4. The molecule has 5 atom stereocenters. The predicted octanol–water partition coefficient (Wildman–Crippen LogP) is 4.15. The smallest absolute Gasteiger partial charge is 0.322 e. The van der Waals surface area contributed by atoms with Gasteiger partial charge in [-0.3, -0.25) is 4.90 Å². The zero-order valence-electron chi connectivity index (χ0n) is 24.9. The first-order chi connectivity index (χ1) is 19.9. The van der Waals surface area contributed by atoms with Gasteiger partial charge < -0.3 is 20.2 Å². The lowest BCUT2D eigenvalue weighted by Crippen LogP contribution is -2.63. The molecule has 0 spiro atoms. The number of anilines is 4. The van der Waals surface area contributed by atoms with Crippen LogP contribution in [-0.2, 0) is 10.0 Å². The van der Waals surface area contributed by atoms with Gasteiger partial charge in [0.15, 0.2) is 0 Å². The number of carbonyl (C=O) groups is 1. The molecular weight excluding hydrogens is 550 g/mol. The van der Waals surface area contributed by atoms with Gasteiger partial charge in [0.05, 0.1) is 23.2 Å². The summed E-state index contributed by atoms with van der Waals surface area (Å²) in [6.45, 7) is 6.97. The summed E-state index contributed by atoms with van der Waals surface area (Å²) in [5, 5.41) is 14.4. The third-order valence-corrected chi connectivity index (χ3v) is 12.0. The molecule has 4 aliphatic carbocycles. The van der Waals surface area contributed by atoms with Crippen LogP contribution in [0.25, 0.3) is 0 Å². The Hall–Kier alpha value is -2.82. The number of urea groups is 1. The monoisotopic (exact) mass is 593 g/mol. The van der Waals surface area contributed by atoms with E-state index in [0.717, 1.165) is 54.9 Å². The number of piperazine rings is 1. The number of para-hydroxylation sites is 2. The summed E-state index contributed by atoms with van der Waals surface area (Å²) in [6.07, 6.45) is 6.10. The highest BCUT2D eigenvalue weighted by Crippen LogP contribution is 2.55. The Labute approximate surface area is 249 Å². The van der Waals surface area contributed by atoms with Crippen LogP contribution < -0.4 is 20.0 Å². The van der Waals surface area contributed by atoms with Crippen LogP contribution >= 0.6 is 0 Å². The van der Waals surface area contributed by atoms with Crippen molar-refractivity contribution < 1.29 is 18.3 Å². The predicted molar refractivity (Wildman–Crippen MR) is 166 cm³/mol. The largest absolute Gasteiger partial charge is 0.390 e. The first kappa shape index (κ1) is 28.0. The molecule has 3 unspecified atom stereocenters. The van der Waals surface area contributed by atoms with Crippen molar-refractivity contribution in [2.75, 3.05) is 53.7 Å². The van der Waals surface area contributed by atoms with Crippen molar-refractivity contribution in [1.82, 2.24) is 9.62 Å². The zero-order chi connectivity index (χ0) is 29.4. The van der Waals surface area contributed by atoms with Crippen molar-refractivity contribution in [2.24, 2.45) is 17.8 Å². The molecule has 4 saturated carbocycles. The average molecular weight is 594 g/mol. The Morgan fingerprint density at radius 2 is 1.52 bits per heavy atom. The highest BCUT2D eigenvalue weighted by Gasteiger charge is 2.55. The fraction of sp³-hybridized carbons (Fsp3) is 0.594. The molecule has 2 aromatic rings.